The van der Waals surface area contributed by atoms with Gasteiger partial charge < -0.3 is 34.5 Å². The predicted molar refractivity (Wildman–Crippen MR) is 49.4 cm³/mol. The molecule has 0 rings (SSSR count). The Morgan fingerprint density at radius 2 is 1.33 bits per heavy atom. The second-order valence-corrected chi connectivity index (χ2v) is 6.34. The van der Waals surface area contributed by atoms with Gasteiger partial charge in [0.1, 0.15) is 6.54 Å². The number of nitrogens with zero attached hydrogens (tertiary/aromatic N) is 1. The molecule has 0 unspecified atom stereocenters. The molecule has 0 bridgehead atoms. The zero-order valence-corrected chi connectivity index (χ0v) is 9.42. The molecule has 0 aromatic rings. The molecule has 0 aliphatic carbocycles. The highest BCUT2D eigenvalue weighted by atomic mass is 31.2. The highest BCUT2D eigenvalue weighted by Crippen LogP contribution is 2.44. The number of rotatable bonds is 6. The van der Waals surface area contributed by atoms with Gasteiger partial charge in [0.25, 0.3) is 0 Å². The van der Waals surface area contributed by atoms with Crippen LogP contribution in [-0.4, -0.2) is 55.0 Å². The lowest BCUT2D eigenvalue weighted by molar-refractivity contribution is -0.859. The van der Waals surface area contributed by atoms with Crippen molar-refractivity contribution in [3.05, 3.63) is 5.21 Å². The average Bonchev–Trinajstić information content (AvgIpc) is 1.74. The largest absolute Gasteiger partial charge is 0.632 e. The summed E-state index contributed by atoms with van der Waals surface area (Å²) in [7, 11) is -9.40. The van der Waals surface area contributed by atoms with Crippen LogP contribution in [0.1, 0.15) is 0 Å². The highest BCUT2D eigenvalue weighted by molar-refractivity contribution is 7.52. The molecule has 9 nitrogen and oxygen atoms in total. The van der Waals surface area contributed by atoms with E-state index in [1.54, 1.807) is 0 Å². The third-order valence-electron chi connectivity index (χ3n) is 1.39. The number of hydrogen-bond acceptors (Lipinski definition) is 4. The fourth-order valence-electron chi connectivity index (χ4n) is 1.04. The molecule has 0 fully saturated rings. The van der Waals surface area contributed by atoms with Crippen molar-refractivity contribution in [1.82, 2.24) is 0 Å². The Morgan fingerprint density at radius 3 is 1.53 bits per heavy atom. The lowest BCUT2D eigenvalue weighted by Crippen LogP contribution is -2.45. The zero-order valence-electron chi connectivity index (χ0n) is 7.63. The molecule has 0 atom stereocenters. The standard InChI is InChI=1S/C4H13NO8P2/c6-2-1-5(7,3-14(8,9)10)4-15(11,12)13/h6H,1-4H2,(H2,8,9,10)(H2,11,12,13). The van der Waals surface area contributed by atoms with Crippen molar-refractivity contribution >= 4 is 15.2 Å². The Bertz CT molecular complexity index is 269. The topological polar surface area (TPSA) is 158 Å². The average molecular weight is 265 g/mol. The minimum Gasteiger partial charge on any atom is -0.632 e. The SMILES string of the molecule is O=P(O)(O)C[N+]([O-])(CCO)CP(=O)(O)O. The monoisotopic (exact) mass is 265 g/mol. The number of quaternary nitrogens is 1. The fourth-order valence-corrected chi connectivity index (χ4v) is 3.02. The molecule has 0 aromatic heterocycles. The number of aliphatic hydroxyl groups is 1. The van der Waals surface area contributed by atoms with Gasteiger partial charge in [-0.1, -0.05) is 0 Å². The van der Waals surface area contributed by atoms with Crippen molar-refractivity contribution in [2.45, 2.75) is 0 Å². The van der Waals surface area contributed by atoms with Gasteiger partial charge in [0.05, 0.1) is 6.61 Å². The van der Waals surface area contributed by atoms with E-state index in [1.165, 1.54) is 0 Å². The van der Waals surface area contributed by atoms with Crippen LogP contribution >= 0.6 is 15.2 Å². The molecular weight excluding hydrogens is 252 g/mol. The second kappa shape index (κ2) is 5.01. The molecule has 0 radical (unpaired) electrons. The van der Waals surface area contributed by atoms with Gasteiger partial charge in [-0.15, -0.1) is 0 Å². The fraction of sp³-hybridized carbons (Fsp3) is 1.00. The molecule has 0 aliphatic heterocycles. The van der Waals surface area contributed by atoms with Crippen LogP contribution in [0.5, 0.6) is 0 Å². The summed E-state index contributed by atoms with van der Waals surface area (Å²) in [5.74, 6) is 0. The second-order valence-electron chi connectivity index (χ2n) is 3.12. The molecule has 15 heavy (non-hydrogen) atoms. The Morgan fingerprint density at radius 1 is 1.00 bits per heavy atom. The summed E-state index contributed by atoms with van der Waals surface area (Å²) in [6.45, 7) is -1.40. The maximum Gasteiger partial charge on any atom is 0.379 e. The molecular formula is C4H13NO8P2. The van der Waals surface area contributed by atoms with Crippen LogP contribution in [0, 0.1) is 5.21 Å². The first-order valence-electron chi connectivity index (χ1n) is 3.75. The Hall–Kier alpha value is 0.180. The summed E-state index contributed by atoms with van der Waals surface area (Å²) in [6, 6.07) is 0. The van der Waals surface area contributed by atoms with E-state index in [-0.39, 0.29) is 0 Å². The van der Waals surface area contributed by atoms with E-state index < -0.39 is 45.6 Å². The van der Waals surface area contributed by atoms with Gasteiger partial charge in [-0.05, 0) is 0 Å². The van der Waals surface area contributed by atoms with E-state index in [1.807, 2.05) is 0 Å². The maximum absolute atomic E-state index is 11.5. The normalized spacial score (nSPS) is 14.3. The summed E-state index contributed by atoms with van der Waals surface area (Å²) < 4.78 is 19.3. The molecule has 0 heterocycles. The predicted octanol–water partition coefficient (Wildman–Crippen LogP) is -1.44. The summed E-state index contributed by atoms with van der Waals surface area (Å²) in [5.41, 5.74) is 0. The van der Waals surface area contributed by atoms with Gasteiger partial charge in [0.2, 0.25) is 0 Å². The molecule has 0 saturated heterocycles. The number of hydrogen-bond donors (Lipinski definition) is 5. The van der Waals surface area contributed by atoms with Gasteiger partial charge in [0, 0.05) is 0 Å². The molecule has 0 saturated carbocycles. The van der Waals surface area contributed by atoms with Crippen LogP contribution in [0.15, 0.2) is 0 Å². The van der Waals surface area contributed by atoms with Gasteiger partial charge in [-0.3, -0.25) is 9.13 Å². The van der Waals surface area contributed by atoms with Crippen LogP contribution in [0.25, 0.3) is 0 Å². The van der Waals surface area contributed by atoms with Crippen LogP contribution < -0.4 is 0 Å². The highest BCUT2D eigenvalue weighted by Gasteiger charge is 2.34. The minimum atomic E-state index is -4.70. The molecule has 0 aliphatic rings. The summed E-state index contributed by atoms with van der Waals surface area (Å²) >= 11 is 0. The van der Waals surface area contributed by atoms with Crippen molar-refractivity contribution in [2.75, 3.05) is 25.7 Å². The lowest BCUT2D eigenvalue weighted by Gasteiger charge is -2.41. The number of hydroxylamine groups is 3. The summed E-state index contributed by atoms with van der Waals surface area (Å²) in [5, 5.41) is 20.0. The summed E-state index contributed by atoms with van der Waals surface area (Å²) in [4.78, 5) is 34.2. The minimum absolute atomic E-state index is 0.684. The maximum atomic E-state index is 11.5. The van der Waals surface area contributed by atoms with Gasteiger partial charge >= 0.3 is 15.2 Å². The molecule has 11 heteroatoms. The van der Waals surface area contributed by atoms with Crippen molar-refractivity contribution in [1.29, 1.82) is 0 Å². The molecule has 92 valence electrons. The molecule has 5 N–H and O–H groups in total. The van der Waals surface area contributed by atoms with Gasteiger partial charge in [-0.25, -0.2) is 0 Å². The third kappa shape index (κ3) is 8.04. The van der Waals surface area contributed by atoms with Crippen molar-refractivity contribution in [2.24, 2.45) is 0 Å². The zero-order chi connectivity index (χ0) is 12.3. The van der Waals surface area contributed by atoms with Crippen molar-refractivity contribution < 1.29 is 38.5 Å². The van der Waals surface area contributed by atoms with Gasteiger partial charge in [-0.2, -0.15) is 0 Å². The van der Waals surface area contributed by atoms with E-state index in [0.29, 0.717) is 0 Å². The van der Waals surface area contributed by atoms with Crippen molar-refractivity contribution in [3.63, 3.8) is 0 Å². The van der Waals surface area contributed by atoms with E-state index in [4.69, 9.17) is 24.7 Å². The van der Waals surface area contributed by atoms with Crippen LogP contribution in [0.2, 0.25) is 0 Å². The van der Waals surface area contributed by atoms with E-state index in [2.05, 4.69) is 0 Å². The molecule has 0 aromatic carbocycles. The van der Waals surface area contributed by atoms with Crippen LogP contribution in [0.4, 0.5) is 0 Å². The summed E-state index contributed by atoms with van der Waals surface area (Å²) in [6.07, 6.45) is -2.53. The van der Waals surface area contributed by atoms with Crippen LogP contribution in [-0.2, 0) is 9.13 Å². The molecule has 0 amide bonds. The van der Waals surface area contributed by atoms with Crippen LogP contribution in [0.3, 0.4) is 0 Å². The van der Waals surface area contributed by atoms with Gasteiger partial charge in [0.15, 0.2) is 12.6 Å². The first kappa shape index (κ1) is 15.2. The molecule has 0 spiro atoms. The third-order valence-corrected chi connectivity index (χ3v) is 3.16. The van der Waals surface area contributed by atoms with Crippen molar-refractivity contribution in [3.8, 4) is 0 Å². The Balaban J connectivity index is 4.75. The quantitative estimate of drug-likeness (QED) is 0.222. The Labute approximate surface area is 85.4 Å². The first-order chi connectivity index (χ1) is 6.47. The smallest absolute Gasteiger partial charge is 0.379 e. The lowest BCUT2D eigenvalue weighted by atomic mass is 10.6. The van der Waals surface area contributed by atoms with E-state index >= 15 is 0 Å². The Kier molecular flexibility index (Phi) is 5.07. The first-order valence-corrected chi connectivity index (χ1v) is 7.34. The van der Waals surface area contributed by atoms with E-state index in [0.717, 1.165) is 0 Å². The number of aliphatic hydroxyl groups excluding tert-OH is 1. The van der Waals surface area contributed by atoms with E-state index in [9.17, 15) is 14.3 Å².